The first-order valence-electron chi connectivity index (χ1n) is 11.3. The first kappa shape index (κ1) is 27.8. The average molecular weight is 520 g/mol. The van der Waals surface area contributed by atoms with E-state index < -0.39 is 48.3 Å². The Hall–Kier alpha value is -4.83. The van der Waals surface area contributed by atoms with Crippen molar-refractivity contribution in [3.05, 3.63) is 108 Å². The molecule has 38 heavy (non-hydrogen) atoms. The van der Waals surface area contributed by atoms with Gasteiger partial charge in [0, 0.05) is 0 Å². The molecule has 4 atom stereocenters. The molecule has 10 nitrogen and oxygen atoms in total. The third-order valence-electron chi connectivity index (χ3n) is 5.29. The highest BCUT2D eigenvalue weighted by Gasteiger charge is 2.45. The van der Waals surface area contributed by atoms with E-state index in [4.69, 9.17) is 14.2 Å². The summed E-state index contributed by atoms with van der Waals surface area (Å²) in [6, 6.07) is 22.7. The van der Waals surface area contributed by atoms with E-state index in [1.165, 1.54) is 36.4 Å². The Morgan fingerprint density at radius 2 is 1.00 bits per heavy atom. The van der Waals surface area contributed by atoms with Crippen molar-refractivity contribution in [1.82, 2.24) is 0 Å². The second-order valence-electron chi connectivity index (χ2n) is 7.81. The number of hydrogen-bond acceptors (Lipinski definition) is 10. The van der Waals surface area contributed by atoms with Crippen molar-refractivity contribution < 1.29 is 48.0 Å². The van der Waals surface area contributed by atoms with Gasteiger partial charge in [0.15, 0.2) is 30.7 Å². The molecule has 0 aliphatic heterocycles. The number of carbonyl (C=O) groups excluding carboxylic acids is 5. The van der Waals surface area contributed by atoms with Gasteiger partial charge in [-0.05, 0) is 36.4 Å². The minimum Gasteiger partial charge on any atom is -0.467 e. The lowest BCUT2D eigenvalue weighted by molar-refractivity contribution is -0.168. The Balaban J connectivity index is 2.01. The Morgan fingerprint density at radius 1 is 0.632 bits per heavy atom. The Bertz CT molecular complexity index is 1240. The van der Waals surface area contributed by atoms with E-state index in [2.05, 4.69) is 4.74 Å². The van der Waals surface area contributed by atoms with Crippen molar-refractivity contribution in [2.45, 2.75) is 24.4 Å². The Labute approximate surface area is 217 Å². The van der Waals surface area contributed by atoms with E-state index in [1.54, 1.807) is 54.6 Å². The van der Waals surface area contributed by atoms with Crippen molar-refractivity contribution in [1.29, 1.82) is 0 Å². The zero-order chi connectivity index (χ0) is 27.5. The quantitative estimate of drug-likeness (QED) is 0.227. The van der Waals surface area contributed by atoms with Crippen LogP contribution in [0.1, 0.15) is 31.1 Å². The summed E-state index contributed by atoms with van der Waals surface area (Å²) in [7, 11) is 0.971. The monoisotopic (exact) mass is 520 g/mol. The highest BCUT2D eigenvalue weighted by molar-refractivity contribution is 5.92. The average Bonchev–Trinajstić information content (AvgIpc) is 2.97. The molecule has 0 saturated heterocycles. The molecule has 0 unspecified atom stereocenters. The molecule has 1 N–H and O–H groups in total. The Kier molecular flexibility index (Phi) is 9.84. The van der Waals surface area contributed by atoms with Gasteiger partial charge in [-0.15, -0.1) is 0 Å². The molecule has 0 saturated carbocycles. The van der Waals surface area contributed by atoms with Crippen molar-refractivity contribution in [3.8, 4) is 0 Å². The molecule has 0 fully saturated rings. The molecule has 10 heteroatoms. The van der Waals surface area contributed by atoms with E-state index in [0.29, 0.717) is 0 Å². The number of ether oxygens (including phenoxy) is 4. The van der Waals surface area contributed by atoms with Crippen LogP contribution in [0.15, 0.2) is 91.0 Å². The molecule has 0 aliphatic carbocycles. The van der Waals surface area contributed by atoms with Crippen LogP contribution in [0.25, 0.3) is 0 Å². The SMILES string of the molecule is COC(=O)[C@@H](O)[C@@H](OC(=O)c1ccccc1)[C@H](OC(=O)c1ccccc1)[C@H](C=O)OC(=O)c1ccccc1. The van der Waals surface area contributed by atoms with Gasteiger partial charge in [0.25, 0.3) is 0 Å². The van der Waals surface area contributed by atoms with E-state index >= 15 is 0 Å². The fourth-order valence-corrected chi connectivity index (χ4v) is 3.36. The van der Waals surface area contributed by atoms with Gasteiger partial charge in [-0.3, -0.25) is 4.79 Å². The number of aliphatic hydroxyl groups is 1. The molecular formula is C28H24O10. The minimum absolute atomic E-state index is 0.0339. The number of rotatable bonds is 11. The van der Waals surface area contributed by atoms with Crippen molar-refractivity contribution >= 4 is 30.2 Å². The number of aliphatic hydroxyl groups excluding tert-OH is 1. The molecule has 0 radical (unpaired) electrons. The highest BCUT2D eigenvalue weighted by Crippen LogP contribution is 2.21. The van der Waals surface area contributed by atoms with Gasteiger partial charge >= 0.3 is 23.9 Å². The maximum Gasteiger partial charge on any atom is 0.338 e. The normalized spacial score (nSPS) is 13.6. The van der Waals surface area contributed by atoms with Crippen LogP contribution in [-0.4, -0.2) is 66.8 Å². The number of aldehydes is 1. The van der Waals surface area contributed by atoms with Crippen LogP contribution in [0.4, 0.5) is 0 Å². The molecule has 0 spiro atoms. The van der Waals surface area contributed by atoms with Gasteiger partial charge in [-0.1, -0.05) is 54.6 Å². The van der Waals surface area contributed by atoms with Crippen LogP contribution < -0.4 is 0 Å². The largest absolute Gasteiger partial charge is 0.467 e. The maximum atomic E-state index is 12.9. The molecule has 3 aromatic rings. The summed E-state index contributed by atoms with van der Waals surface area (Å²) in [4.78, 5) is 62.9. The van der Waals surface area contributed by atoms with E-state index in [-0.39, 0.29) is 23.0 Å². The minimum atomic E-state index is -2.22. The van der Waals surface area contributed by atoms with Crippen LogP contribution >= 0.6 is 0 Å². The number of methoxy groups -OCH3 is 1. The second kappa shape index (κ2) is 13.5. The summed E-state index contributed by atoms with van der Waals surface area (Å²) in [6.45, 7) is 0. The molecule has 0 heterocycles. The highest BCUT2D eigenvalue weighted by atomic mass is 16.6. The zero-order valence-corrected chi connectivity index (χ0v) is 20.2. The second-order valence-corrected chi connectivity index (χ2v) is 7.81. The third kappa shape index (κ3) is 7.11. The van der Waals surface area contributed by atoms with Crippen molar-refractivity contribution in [2.75, 3.05) is 7.11 Å². The molecule has 3 rings (SSSR count). The molecule has 196 valence electrons. The lowest BCUT2D eigenvalue weighted by Gasteiger charge is -2.31. The summed E-state index contributed by atoms with van der Waals surface area (Å²) >= 11 is 0. The zero-order valence-electron chi connectivity index (χ0n) is 20.2. The van der Waals surface area contributed by atoms with E-state index in [9.17, 15) is 29.1 Å². The third-order valence-corrected chi connectivity index (χ3v) is 5.29. The molecule has 0 amide bonds. The summed E-state index contributed by atoms with van der Waals surface area (Å²) < 4.78 is 20.7. The first-order valence-corrected chi connectivity index (χ1v) is 11.3. The summed E-state index contributed by atoms with van der Waals surface area (Å²) in [5, 5.41) is 10.7. The molecule has 0 aromatic heterocycles. The number of benzene rings is 3. The lowest BCUT2D eigenvalue weighted by Crippen LogP contribution is -2.53. The lowest BCUT2D eigenvalue weighted by atomic mass is 10.0. The smallest absolute Gasteiger partial charge is 0.338 e. The van der Waals surface area contributed by atoms with E-state index in [0.717, 1.165) is 7.11 Å². The molecule has 0 bridgehead atoms. The first-order chi connectivity index (χ1) is 18.3. The topological polar surface area (TPSA) is 143 Å². The van der Waals surface area contributed by atoms with Crippen LogP contribution in [0.2, 0.25) is 0 Å². The fraction of sp³-hybridized carbons (Fsp3) is 0.179. The number of carbonyl (C=O) groups is 5. The molecule has 3 aromatic carbocycles. The summed E-state index contributed by atoms with van der Waals surface area (Å²) in [5.74, 6) is -4.24. The van der Waals surface area contributed by atoms with Gasteiger partial charge in [0.05, 0.1) is 23.8 Å². The van der Waals surface area contributed by atoms with Crippen LogP contribution in [-0.2, 0) is 28.5 Å². The van der Waals surface area contributed by atoms with Crippen LogP contribution in [0.3, 0.4) is 0 Å². The number of esters is 4. The van der Waals surface area contributed by atoms with Gasteiger partial charge in [0.1, 0.15) is 0 Å². The van der Waals surface area contributed by atoms with Crippen molar-refractivity contribution in [3.63, 3.8) is 0 Å². The Morgan fingerprint density at radius 3 is 1.37 bits per heavy atom. The van der Waals surface area contributed by atoms with Crippen molar-refractivity contribution in [2.24, 2.45) is 0 Å². The van der Waals surface area contributed by atoms with Gasteiger partial charge in [0.2, 0.25) is 0 Å². The van der Waals surface area contributed by atoms with Crippen LogP contribution in [0.5, 0.6) is 0 Å². The number of hydrogen-bond donors (Lipinski definition) is 1. The summed E-state index contributed by atoms with van der Waals surface area (Å²) in [6.07, 6.45) is -7.95. The standard InChI is InChI=1S/C28H24O10/c1-35-28(34)22(30)24(38-27(33)20-15-9-4-10-16-20)23(37-26(32)19-13-7-3-8-14-19)21(17-29)36-25(31)18-11-5-2-6-12-18/h2-17,21-24,30H,1H3/t21-,22-,23+,24+/m0/s1. The maximum absolute atomic E-state index is 12.9. The molecular weight excluding hydrogens is 496 g/mol. The fourth-order valence-electron chi connectivity index (χ4n) is 3.36. The predicted octanol–water partition coefficient (Wildman–Crippen LogP) is 2.40. The van der Waals surface area contributed by atoms with Gasteiger partial charge in [-0.25, -0.2) is 19.2 Å². The predicted molar refractivity (Wildman–Crippen MR) is 131 cm³/mol. The molecule has 0 aliphatic rings. The van der Waals surface area contributed by atoms with E-state index in [1.807, 2.05) is 0 Å². The summed E-state index contributed by atoms with van der Waals surface area (Å²) in [5.41, 5.74) is 0.141. The van der Waals surface area contributed by atoms with Gasteiger partial charge in [-0.2, -0.15) is 0 Å². The van der Waals surface area contributed by atoms with Crippen LogP contribution in [0, 0.1) is 0 Å². The van der Waals surface area contributed by atoms with Gasteiger partial charge < -0.3 is 24.1 Å².